The van der Waals surface area contributed by atoms with Gasteiger partial charge in [-0.1, -0.05) is 6.92 Å². The number of nitrogens with zero attached hydrogens (tertiary/aromatic N) is 2. The third kappa shape index (κ3) is 5.34. The molecule has 0 saturated carbocycles. The number of halogens is 1. The monoisotopic (exact) mass is 466 g/mol. The summed E-state index contributed by atoms with van der Waals surface area (Å²) in [6.45, 7) is 8.99. The smallest absolute Gasteiger partial charge is 0.225 e. The fraction of sp³-hybridized carbons (Fsp3) is 0.481. The van der Waals surface area contributed by atoms with E-state index in [4.69, 9.17) is 0 Å². The molecule has 0 aromatic heterocycles. The average Bonchev–Trinajstić information content (AvgIpc) is 3.15. The molecule has 2 fully saturated rings. The van der Waals surface area contributed by atoms with Gasteiger partial charge in [0.05, 0.1) is 5.92 Å². The Labute approximate surface area is 201 Å². The highest BCUT2D eigenvalue weighted by atomic mass is 19.1. The van der Waals surface area contributed by atoms with Crippen LogP contribution in [0.5, 0.6) is 0 Å². The second-order valence-electron chi connectivity index (χ2n) is 9.95. The van der Waals surface area contributed by atoms with E-state index in [1.807, 2.05) is 6.92 Å². The summed E-state index contributed by atoms with van der Waals surface area (Å²) in [5.41, 5.74) is 5.34. The van der Waals surface area contributed by atoms with Crippen molar-refractivity contribution in [3.8, 4) is 0 Å². The maximum Gasteiger partial charge on any atom is 0.225 e. The minimum absolute atomic E-state index is 0.0357. The zero-order valence-corrected chi connectivity index (χ0v) is 20.6. The molecule has 1 atom stereocenters. The molecule has 1 unspecified atom stereocenters. The van der Waals surface area contributed by atoms with Gasteiger partial charge in [0.2, 0.25) is 11.8 Å². The molecule has 7 heteroatoms. The Morgan fingerprint density at radius 3 is 2.44 bits per heavy atom. The molecule has 2 aliphatic heterocycles. The Hall–Kier alpha value is -3.09. The van der Waals surface area contributed by atoms with Crippen LogP contribution in [-0.4, -0.2) is 43.4 Å². The molecule has 2 aromatic carbocycles. The Bertz CT molecular complexity index is 1080. The van der Waals surface area contributed by atoms with E-state index in [2.05, 4.69) is 47.6 Å². The fourth-order valence-electron chi connectivity index (χ4n) is 4.77. The third-order valence-electron chi connectivity index (χ3n) is 7.19. The normalized spacial score (nSPS) is 19.0. The average molecular weight is 467 g/mol. The number of amides is 2. The van der Waals surface area contributed by atoms with E-state index >= 15 is 0 Å². The number of piperidine rings is 1. The van der Waals surface area contributed by atoms with Gasteiger partial charge in [-0.2, -0.15) is 0 Å². The van der Waals surface area contributed by atoms with Gasteiger partial charge < -0.3 is 20.4 Å². The van der Waals surface area contributed by atoms with Gasteiger partial charge in [-0.25, -0.2) is 4.39 Å². The molecule has 2 heterocycles. The topological polar surface area (TPSA) is 64.7 Å². The van der Waals surface area contributed by atoms with Gasteiger partial charge in [0.1, 0.15) is 5.82 Å². The zero-order chi connectivity index (χ0) is 24.4. The highest BCUT2D eigenvalue weighted by Gasteiger charge is 2.32. The number of hydrogen-bond donors (Lipinski definition) is 2. The van der Waals surface area contributed by atoms with E-state index in [1.54, 1.807) is 18.0 Å². The Balaban J connectivity index is 1.40. The highest BCUT2D eigenvalue weighted by Crippen LogP contribution is 2.30. The van der Waals surface area contributed by atoms with E-state index in [9.17, 15) is 14.0 Å². The molecular formula is C27H35FN4O2. The molecule has 34 heavy (non-hydrogen) atoms. The quantitative estimate of drug-likeness (QED) is 0.657. The molecule has 182 valence electrons. The summed E-state index contributed by atoms with van der Waals surface area (Å²) in [6, 6.07) is 9.64. The molecule has 0 radical (unpaired) electrons. The van der Waals surface area contributed by atoms with Crippen LogP contribution in [0.4, 0.5) is 21.5 Å². The van der Waals surface area contributed by atoms with Crippen LogP contribution in [-0.2, 0) is 16.1 Å². The van der Waals surface area contributed by atoms with Gasteiger partial charge >= 0.3 is 0 Å². The second kappa shape index (κ2) is 10.0. The molecule has 2 amide bonds. The van der Waals surface area contributed by atoms with Crippen LogP contribution in [0.3, 0.4) is 0 Å². The zero-order valence-electron chi connectivity index (χ0n) is 20.6. The Morgan fingerprint density at radius 1 is 1.09 bits per heavy atom. The first-order valence-electron chi connectivity index (χ1n) is 12.1. The molecule has 6 nitrogen and oxygen atoms in total. The lowest BCUT2D eigenvalue weighted by Crippen LogP contribution is -2.32. The van der Waals surface area contributed by atoms with Crippen molar-refractivity contribution in [2.75, 3.05) is 36.9 Å². The maximum atomic E-state index is 14.9. The first kappa shape index (κ1) is 24.0. The first-order valence-corrected chi connectivity index (χ1v) is 12.1. The molecule has 0 aliphatic carbocycles. The van der Waals surface area contributed by atoms with Gasteiger partial charge in [-0.05, 0) is 74.1 Å². The SMILES string of the molecule is Cc1cc(N2CCC(C)CC2)ccc1Nc1cc(F)c(CNC(=O)C2CC(=O)N(C)C2)cc1C. The fourth-order valence-corrected chi connectivity index (χ4v) is 4.77. The van der Waals surface area contributed by atoms with E-state index in [0.717, 1.165) is 35.8 Å². The summed E-state index contributed by atoms with van der Waals surface area (Å²) in [5, 5.41) is 6.16. The van der Waals surface area contributed by atoms with E-state index < -0.39 is 0 Å². The Morgan fingerprint density at radius 2 is 1.79 bits per heavy atom. The van der Waals surface area contributed by atoms with Crippen LogP contribution in [0.15, 0.2) is 30.3 Å². The first-order chi connectivity index (χ1) is 16.2. The van der Waals surface area contributed by atoms with Crippen molar-refractivity contribution in [2.24, 2.45) is 11.8 Å². The van der Waals surface area contributed by atoms with Crippen molar-refractivity contribution in [3.63, 3.8) is 0 Å². The minimum Gasteiger partial charge on any atom is -0.372 e. The molecule has 2 aliphatic rings. The van der Waals surface area contributed by atoms with Gasteiger partial charge in [0.25, 0.3) is 0 Å². The predicted octanol–water partition coefficient (Wildman–Crippen LogP) is 4.52. The van der Waals surface area contributed by atoms with Crippen molar-refractivity contribution < 1.29 is 14.0 Å². The van der Waals surface area contributed by atoms with Crippen LogP contribution < -0.4 is 15.5 Å². The standard InChI is InChI=1S/C27H35FN4O2/c1-17-7-9-32(10-8-17)22-5-6-24(19(3)12-22)30-25-14-23(28)20(11-18(25)2)15-29-27(34)21-13-26(33)31(4)16-21/h5-6,11-12,14,17,21,30H,7-10,13,15-16H2,1-4H3,(H,29,34). The number of rotatable bonds is 6. The van der Waals surface area contributed by atoms with Crippen LogP contribution in [0.25, 0.3) is 0 Å². The van der Waals surface area contributed by atoms with Crippen LogP contribution in [0.2, 0.25) is 0 Å². The molecular weight excluding hydrogens is 431 g/mol. The number of nitrogens with one attached hydrogen (secondary N) is 2. The van der Waals surface area contributed by atoms with Crippen molar-refractivity contribution in [2.45, 2.75) is 46.6 Å². The van der Waals surface area contributed by atoms with Crippen molar-refractivity contribution >= 4 is 28.9 Å². The summed E-state index contributed by atoms with van der Waals surface area (Å²) in [4.78, 5) is 28.0. The number of anilines is 3. The van der Waals surface area contributed by atoms with Crippen LogP contribution >= 0.6 is 0 Å². The third-order valence-corrected chi connectivity index (χ3v) is 7.19. The van der Waals surface area contributed by atoms with Gasteiger partial charge in [0, 0.05) is 62.3 Å². The molecule has 2 N–H and O–H groups in total. The number of carbonyl (C=O) groups excluding carboxylic acids is 2. The number of carbonyl (C=O) groups is 2. The number of hydrogen-bond acceptors (Lipinski definition) is 4. The maximum absolute atomic E-state index is 14.9. The molecule has 0 bridgehead atoms. The lowest BCUT2D eigenvalue weighted by atomic mass is 9.98. The lowest BCUT2D eigenvalue weighted by Gasteiger charge is -2.32. The van der Waals surface area contributed by atoms with E-state index in [1.165, 1.54) is 24.6 Å². The highest BCUT2D eigenvalue weighted by molar-refractivity contribution is 5.89. The number of likely N-dealkylation sites (tertiary alicyclic amines) is 1. The Kier molecular flexibility index (Phi) is 7.10. The van der Waals surface area contributed by atoms with Gasteiger partial charge in [-0.15, -0.1) is 0 Å². The summed E-state index contributed by atoms with van der Waals surface area (Å²) >= 11 is 0. The summed E-state index contributed by atoms with van der Waals surface area (Å²) in [7, 11) is 1.69. The summed E-state index contributed by atoms with van der Waals surface area (Å²) < 4.78 is 14.9. The number of benzene rings is 2. The molecule has 0 spiro atoms. The summed E-state index contributed by atoms with van der Waals surface area (Å²) in [5.74, 6) is -0.199. The van der Waals surface area contributed by atoms with Crippen LogP contribution in [0, 0.1) is 31.5 Å². The van der Waals surface area contributed by atoms with Gasteiger partial charge in [-0.3, -0.25) is 9.59 Å². The minimum atomic E-state index is -0.373. The largest absolute Gasteiger partial charge is 0.372 e. The lowest BCUT2D eigenvalue weighted by molar-refractivity contribution is -0.128. The van der Waals surface area contributed by atoms with Crippen LogP contribution in [0.1, 0.15) is 42.9 Å². The van der Waals surface area contributed by atoms with E-state index in [-0.39, 0.29) is 36.5 Å². The second-order valence-corrected chi connectivity index (χ2v) is 9.95. The molecule has 4 rings (SSSR count). The number of aryl methyl sites for hydroxylation is 2. The molecule has 2 aromatic rings. The van der Waals surface area contributed by atoms with Crippen molar-refractivity contribution in [1.29, 1.82) is 0 Å². The van der Waals surface area contributed by atoms with Crippen molar-refractivity contribution in [1.82, 2.24) is 10.2 Å². The molecule has 2 saturated heterocycles. The van der Waals surface area contributed by atoms with Crippen molar-refractivity contribution in [3.05, 3.63) is 52.8 Å². The van der Waals surface area contributed by atoms with E-state index in [0.29, 0.717) is 17.8 Å². The van der Waals surface area contributed by atoms with Gasteiger partial charge in [0.15, 0.2) is 0 Å². The predicted molar refractivity (Wildman–Crippen MR) is 134 cm³/mol. The summed E-state index contributed by atoms with van der Waals surface area (Å²) in [6.07, 6.45) is 2.65.